The molecule has 1 heterocycles. The third-order valence-electron chi connectivity index (χ3n) is 5.46. The minimum absolute atomic E-state index is 0.0348. The molecule has 0 saturated heterocycles. The summed E-state index contributed by atoms with van der Waals surface area (Å²) in [7, 11) is 0. The summed E-state index contributed by atoms with van der Waals surface area (Å²) in [5, 5.41) is 11.6. The predicted octanol–water partition coefficient (Wildman–Crippen LogP) is 3.45. The Morgan fingerprint density at radius 2 is 1.78 bits per heavy atom. The summed E-state index contributed by atoms with van der Waals surface area (Å²) in [5.74, 6) is 0.261. The highest BCUT2D eigenvalue weighted by Crippen LogP contribution is 2.18. The number of nitriles is 1. The Bertz CT molecular complexity index is 1170. The summed E-state index contributed by atoms with van der Waals surface area (Å²) in [4.78, 5) is 26.9. The van der Waals surface area contributed by atoms with E-state index in [4.69, 9.17) is 10.00 Å². The number of hydrogen-bond acceptors (Lipinski definition) is 4. The van der Waals surface area contributed by atoms with Gasteiger partial charge in [-0.25, -0.2) is 0 Å². The van der Waals surface area contributed by atoms with Crippen LogP contribution in [0.15, 0.2) is 72.8 Å². The lowest BCUT2D eigenvalue weighted by molar-refractivity contribution is -0.131. The van der Waals surface area contributed by atoms with Crippen LogP contribution in [0.2, 0.25) is 0 Å². The van der Waals surface area contributed by atoms with Gasteiger partial charge in [0.15, 0.2) is 0 Å². The average Bonchev–Trinajstić information content (AvgIpc) is 2.86. The Labute approximate surface area is 187 Å². The topological polar surface area (TPSA) is 82.4 Å². The first-order valence-electron chi connectivity index (χ1n) is 10.5. The molecule has 6 nitrogen and oxygen atoms in total. The number of benzene rings is 3. The Morgan fingerprint density at radius 1 is 1.00 bits per heavy atom. The van der Waals surface area contributed by atoms with Gasteiger partial charge in [0.25, 0.3) is 5.91 Å². The first-order chi connectivity index (χ1) is 15.6. The van der Waals surface area contributed by atoms with E-state index in [9.17, 15) is 9.59 Å². The first-order valence-corrected chi connectivity index (χ1v) is 10.5. The van der Waals surface area contributed by atoms with E-state index < -0.39 is 0 Å². The van der Waals surface area contributed by atoms with E-state index in [1.165, 1.54) is 5.56 Å². The number of carbonyl (C=O) groups excluding carboxylic acids is 2. The lowest BCUT2D eigenvalue weighted by Crippen LogP contribution is -2.42. The second-order valence-electron chi connectivity index (χ2n) is 7.64. The molecule has 0 spiro atoms. The smallest absolute Gasteiger partial charge is 0.251 e. The Balaban J connectivity index is 1.30. The number of hydrogen-bond donors (Lipinski definition) is 1. The Kier molecular flexibility index (Phi) is 6.47. The maximum atomic E-state index is 12.6. The van der Waals surface area contributed by atoms with Gasteiger partial charge in [0.1, 0.15) is 12.4 Å². The van der Waals surface area contributed by atoms with Crippen molar-refractivity contribution in [3.8, 4) is 11.8 Å². The highest BCUT2D eigenvalue weighted by atomic mass is 16.5. The lowest BCUT2D eigenvalue weighted by atomic mass is 10.00. The first kappa shape index (κ1) is 21.1. The van der Waals surface area contributed by atoms with E-state index >= 15 is 0 Å². The fraction of sp³-hybridized carbons (Fsp3) is 0.192. The van der Waals surface area contributed by atoms with Crippen molar-refractivity contribution in [1.82, 2.24) is 10.2 Å². The van der Waals surface area contributed by atoms with Crippen LogP contribution < -0.4 is 10.1 Å². The van der Waals surface area contributed by atoms with Gasteiger partial charge in [-0.3, -0.25) is 9.59 Å². The van der Waals surface area contributed by atoms with Gasteiger partial charge in [0.2, 0.25) is 5.91 Å². The molecule has 3 aromatic carbocycles. The van der Waals surface area contributed by atoms with Crippen molar-refractivity contribution in [2.24, 2.45) is 0 Å². The van der Waals surface area contributed by atoms with Crippen LogP contribution in [0.3, 0.4) is 0 Å². The standard InChI is InChI=1S/C26H23N3O3/c27-15-19-8-10-24(11-9-19)32-18-20-4-3-7-22(14-20)26(31)28-16-25(30)29-13-12-21-5-1-2-6-23(21)17-29/h1-11,14H,12-13,16-18H2,(H,28,31). The van der Waals surface area contributed by atoms with Gasteiger partial charge in [0, 0.05) is 18.7 Å². The number of nitrogens with one attached hydrogen (secondary N) is 1. The van der Waals surface area contributed by atoms with Crippen LogP contribution in [0.4, 0.5) is 0 Å². The van der Waals surface area contributed by atoms with Crippen molar-refractivity contribution in [2.45, 2.75) is 19.6 Å². The zero-order valence-corrected chi connectivity index (χ0v) is 17.6. The second kappa shape index (κ2) is 9.80. The Hall–Kier alpha value is -4.11. The number of amides is 2. The summed E-state index contributed by atoms with van der Waals surface area (Å²) >= 11 is 0. The maximum absolute atomic E-state index is 12.6. The van der Waals surface area contributed by atoms with Crippen LogP contribution in [0.5, 0.6) is 5.75 Å². The molecule has 0 saturated carbocycles. The molecule has 0 aromatic heterocycles. The van der Waals surface area contributed by atoms with Gasteiger partial charge in [-0.05, 0) is 59.5 Å². The number of ether oxygens (including phenoxy) is 1. The lowest BCUT2D eigenvalue weighted by Gasteiger charge is -2.29. The highest BCUT2D eigenvalue weighted by Gasteiger charge is 2.20. The van der Waals surface area contributed by atoms with Crippen LogP contribution in [0.25, 0.3) is 0 Å². The molecule has 0 bridgehead atoms. The fourth-order valence-corrected chi connectivity index (χ4v) is 3.67. The van der Waals surface area contributed by atoms with Crippen LogP contribution in [-0.4, -0.2) is 29.8 Å². The SMILES string of the molecule is N#Cc1ccc(OCc2cccc(C(=O)NCC(=O)N3CCc4ccccc4C3)c2)cc1. The van der Waals surface area contributed by atoms with Gasteiger partial charge < -0.3 is 15.0 Å². The summed E-state index contributed by atoms with van der Waals surface area (Å²) in [6.07, 6.45) is 0.830. The van der Waals surface area contributed by atoms with E-state index in [2.05, 4.69) is 17.5 Å². The van der Waals surface area contributed by atoms with E-state index in [1.807, 2.05) is 24.3 Å². The van der Waals surface area contributed by atoms with Crippen LogP contribution in [0.1, 0.15) is 32.6 Å². The van der Waals surface area contributed by atoms with Crippen LogP contribution >= 0.6 is 0 Å². The molecule has 0 atom stereocenters. The van der Waals surface area contributed by atoms with Gasteiger partial charge >= 0.3 is 0 Å². The zero-order valence-electron chi connectivity index (χ0n) is 17.6. The normalized spacial score (nSPS) is 12.4. The molecule has 6 heteroatoms. The summed E-state index contributed by atoms with van der Waals surface area (Å²) in [5.41, 5.74) is 4.32. The molecule has 0 fully saturated rings. The van der Waals surface area contributed by atoms with E-state index in [0.29, 0.717) is 36.6 Å². The molecular formula is C26H23N3O3. The molecule has 4 rings (SSSR count). The number of nitrogens with zero attached hydrogens (tertiary/aromatic N) is 2. The van der Waals surface area contributed by atoms with Crippen molar-refractivity contribution < 1.29 is 14.3 Å². The highest BCUT2D eigenvalue weighted by molar-refractivity contribution is 5.96. The quantitative estimate of drug-likeness (QED) is 0.656. The molecule has 160 valence electrons. The molecule has 0 radical (unpaired) electrons. The number of fused-ring (bicyclic) bond motifs is 1. The molecule has 1 N–H and O–H groups in total. The molecular weight excluding hydrogens is 402 g/mol. The minimum Gasteiger partial charge on any atom is -0.489 e. The van der Waals surface area contributed by atoms with Crippen LogP contribution in [0, 0.1) is 11.3 Å². The molecule has 0 aliphatic carbocycles. The van der Waals surface area contributed by atoms with Crippen LogP contribution in [-0.2, 0) is 24.4 Å². The van der Waals surface area contributed by atoms with Crippen molar-refractivity contribution in [1.29, 1.82) is 5.26 Å². The third-order valence-corrected chi connectivity index (χ3v) is 5.46. The van der Waals surface area contributed by atoms with Gasteiger partial charge in [-0.2, -0.15) is 5.26 Å². The Morgan fingerprint density at radius 3 is 2.56 bits per heavy atom. The van der Waals surface area contributed by atoms with Gasteiger partial charge in [0.05, 0.1) is 18.2 Å². The van der Waals surface area contributed by atoms with Crippen molar-refractivity contribution in [2.75, 3.05) is 13.1 Å². The molecule has 0 unspecified atom stereocenters. The van der Waals surface area contributed by atoms with Crippen molar-refractivity contribution in [3.63, 3.8) is 0 Å². The largest absolute Gasteiger partial charge is 0.489 e. The summed E-state index contributed by atoms with van der Waals surface area (Å²) in [6, 6.07) is 24.2. The van der Waals surface area contributed by atoms with E-state index in [1.54, 1.807) is 47.4 Å². The van der Waals surface area contributed by atoms with Gasteiger partial charge in [-0.1, -0.05) is 36.4 Å². The summed E-state index contributed by atoms with van der Waals surface area (Å²) in [6.45, 7) is 1.49. The summed E-state index contributed by atoms with van der Waals surface area (Å²) < 4.78 is 5.73. The van der Waals surface area contributed by atoms with Crippen molar-refractivity contribution >= 4 is 11.8 Å². The molecule has 1 aliphatic heterocycles. The monoisotopic (exact) mass is 425 g/mol. The zero-order chi connectivity index (χ0) is 22.3. The molecule has 1 aliphatic rings. The second-order valence-corrected chi connectivity index (χ2v) is 7.64. The average molecular weight is 425 g/mol. The third kappa shape index (κ3) is 5.13. The van der Waals surface area contributed by atoms with Gasteiger partial charge in [-0.15, -0.1) is 0 Å². The van der Waals surface area contributed by atoms with E-state index in [-0.39, 0.29) is 18.4 Å². The molecule has 32 heavy (non-hydrogen) atoms. The maximum Gasteiger partial charge on any atom is 0.251 e. The molecule has 3 aromatic rings. The number of rotatable bonds is 6. The van der Waals surface area contributed by atoms with E-state index in [0.717, 1.165) is 17.5 Å². The van der Waals surface area contributed by atoms with Crippen molar-refractivity contribution in [3.05, 3.63) is 101 Å². The minimum atomic E-state index is -0.295. The fourth-order valence-electron chi connectivity index (χ4n) is 3.67. The molecule has 2 amide bonds. The predicted molar refractivity (Wildman–Crippen MR) is 120 cm³/mol. The number of carbonyl (C=O) groups is 2.